The molecule has 2 rings (SSSR count). The quantitative estimate of drug-likeness (QED) is 0.870. The van der Waals surface area contributed by atoms with E-state index in [-0.39, 0.29) is 11.4 Å². The maximum atomic E-state index is 13.7. The number of nitrogens with zero attached hydrogens (tertiary/aromatic N) is 2. The summed E-state index contributed by atoms with van der Waals surface area (Å²) in [6.45, 7) is 6.91. The zero-order valence-electron chi connectivity index (χ0n) is 9.40. The van der Waals surface area contributed by atoms with E-state index in [2.05, 4.69) is 34.2 Å². The van der Waals surface area contributed by atoms with Crippen LogP contribution < -0.4 is 0 Å². The number of aromatic nitrogens is 2. The van der Waals surface area contributed by atoms with Gasteiger partial charge in [-0.1, -0.05) is 29.1 Å². The van der Waals surface area contributed by atoms with E-state index in [4.69, 9.17) is 0 Å². The first-order chi connectivity index (χ1) is 8.60. The van der Waals surface area contributed by atoms with Crippen LogP contribution in [-0.2, 0) is 0 Å². The molecule has 0 unspecified atom stereocenters. The minimum Gasteiger partial charge on any atom is -0.506 e. The summed E-state index contributed by atoms with van der Waals surface area (Å²) in [5.41, 5.74) is 0.546. The van der Waals surface area contributed by atoms with Gasteiger partial charge in [-0.25, -0.2) is 9.07 Å². The summed E-state index contributed by atoms with van der Waals surface area (Å²) in [6, 6.07) is 3.21. The Morgan fingerprint density at radius 3 is 2.72 bits per heavy atom. The average Bonchev–Trinajstić information content (AvgIpc) is 2.80. The van der Waals surface area contributed by atoms with Gasteiger partial charge in [-0.2, -0.15) is 5.10 Å². The number of hydrogen-bond donors (Lipinski definition) is 1. The van der Waals surface area contributed by atoms with Gasteiger partial charge in [0.25, 0.3) is 0 Å². The van der Waals surface area contributed by atoms with E-state index in [1.165, 1.54) is 16.8 Å². The summed E-state index contributed by atoms with van der Waals surface area (Å²) in [7, 11) is 0. The number of aromatic hydroxyl groups is 1. The molecule has 0 aliphatic rings. The molecule has 0 aliphatic heterocycles. The van der Waals surface area contributed by atoms with Crippen molar-refractivity contribution in [2.75, 3.05) is 0 Å². The lowest BCUT2D eigenvalue weighted by atomic mass is 10.2. The Balaban J connectivity index is 2.85. The summed E-state index contributed by atoms with van der Waals surface area (Å²) in [5.74, 6) is -0.545. The Morgan fingerprint density at radius 2 is 2.11 bits per heavy atom. The Hall–Kier alpha value is -1.88. The van der Waals surface area contributed by atoms with Crippen LogP contribution in [-0.4, -0.2) is 14.9 Å². The highest BCUT2D eigenvalue weighted by Crippen LogP contribution is 2.33. The molecule has 1 heterocycles. The molecule has 2 aromatic rings. The fraction of sp³-hybridized carbons (Fsp3) is 0. The first-order valence-corrected chi connectivity index (χ1v) is 5.89. The first kappa shape index (κ1) is 12.6. The Bertz CT molecular complexity index is 673. The van der Waals surface area contributed by atoms with Crippen molar-refractivity contribution >= 4 is 32.5 Å². The number of fused-ring (bicyclic) bond motifs is 1. The molecule has 0 aliphatic carbocycles. The Morgan fingerprint density at radius 1 is 1.39 bits per heavy atom. The second-order valence-electron chi connectivity index (χ2n) is 3.53. The summed E-state index contributed by atoms with van der Waals surface area (Å²) < 4.78 is 15.7. The van der Waals surface area contributed by atoms with Crippen molar-refractivity contribution in [1.29, 1.82) is 0 Å². The van der Waals surface area contributed by atoms with Crippen LogP contribution in [0.1, 0.15) is 0 Å². The Kier molecular flexibility index (Phi) is 3.34. The second-order valence-corrected chi connectivity index (χ2v) is 4.38. The molecule has 0 spiro atoms. The van der Waals surface area contributed by atoms with Crippen molar-refractivity contribution in [2.45, 2.75) is 0 Å². The van der Waals surface area contributed by atoms with E-state index in [9.17, 15) is 9.50 Å². The Labute approximate surface area is 112 Å². The highest BCUT2D eigenvalue weighted by molar-refractivity contribution is 9.10. The van der Waals surface area contributed by atoms with Crippen LogP contribution >= 0.6 is 15.9 Å². The van der Waals surface area contributed by atoms with E-state index in [0.29, 0.717) is 10.9 Å². The summed E-state index contributed by atoms with van der Waals surface area (Å²) in [4.78, 5) is 0. The van der Waals surface area contributed by atoms with Crippen molar-refractivity contribution in [3.05, 3.63) is 53.9 Å². The van der Waals surface area contributed by atoms with E-state index in [0.717, 1.165) is 10.5 Å². The number of benzene rings is 1. The van der Waals surface area contributed by atoms with E-state index >= 15 is 0 Å². The van der Waals surface area contributed by atoms with E-state index in [1.54, 1.807) is 12.3 Å². The number of halogens is 2. The van der Waals surface area contributed by atoms with Crippen LogP contribution in [0.5, 0.6) is 5.75 Å². The third-order valence-corrected chi connectivity index (χ3v) is 3.19. The van der Waals surface area contributed by atoms with Crippen LogP contribution in [0, 0.1) is 0 Å². The largest absolute Gasteiger partial charge is 0.506 e. The predicted octanol–water partition coefficient (Wildman–Crippen LogP) is 4.01. The molecular weight excluding hydrogens is 299 g/mol. The number of rotatable bonds is 3. The van der Waals surface area contributed by atoms with Gasteiger partial charge in [0, 0.05) is 9.86 Å². The monoisotopic (exact) mass is 308 g/mol. The molecule has 18 heavy (non-hydrogen) atoms. The molecule has 5 heteroatoms. The second kappa shape index (κ2) is 4.78. The lowest BCUT2D eigenvalue weighted by Crippen LogP contribution is -1.98. The molecule has 1 aromatic carbocycles. The lowest BCUT2D eigenvalue weighted by Gasteiger charge is -2.06. The van der Waals surface area contributed by atoms with E-state index < -0.39 is 5.83 Å². The molecule has 0 fully saturated rings. The molecule has 0 radical (unpaired) electrons. The summed E-state index contributed by atoms with van der Waals surface area (Å²) in [6.07, 6.45) is 3.93. The van der Waals surface area contributed by atoms with Crippen molar-refractivity contribution in [1.82, 2.24) is 9.78 Å². The molecule has 3 nitrogen and oxygen atoms in total. The van der Waals surface area contributed by atoms with Gasteiger partial charge < -0.3 is 5.11 Å². The third-order valence-electron chi connectivity index (χ3n) is 2.50. The molecule has 0 amide bonds. The molecule has 92 valence electrons. The standard InChI is InChI=1S/C13H10BrFN2O/c1-3-10(15)11(4-2)17-13-8(7-16-17)9(14)5-6-12(13)18/h3-7,18H,1-2H2/b11-10-. The number of allylic oxidation sites excluding steroid dienone is 4. The van der Waals surface area contributed by atoms with Crippen LogP contribution in [0.25, 0.3) is 16.6 Å². The normalized spacial score (nSPS) is 12.3. The zero-order valence-corrected chi connectivity index (χ0v) is 11.0. The van der Waals surface area contributed by atoms with Crippen LogP contribution in [0.3, 0.4) is 0 Å². The fourth-order valence-electron chi connectivity index (χ4n) is 1.66. The molecule has 0 saturated heterocycles. The van der Waals surface area contributed by atoms with Gasteiger partial charge in [-0.05, 0) is 24.3 Å². The molecular formula is C13H10BrFN2O. The highest BCUT2D eigenvalue weighted by atomic mass is 79.9. The summed E-state index contributed by atoms with van der Waals surface area (Å²) in [5, 5.41) is 14.6. The minimum atomic E-state index is -0.561. The average molecular weight is 309 g/mol. The van der Waals surface area contributed by atoms with Gasteiger partial charge in [-0.3, -0.25) is 0 Å². The van der Waals surface area contributed by atoms with Gasteiger partial charge in [0.15, 0.2) is 0 Å². The van der Waals surface area contributed by atoms with Crippen molar-refractivity contribution in [3.63, 3.8) is 0 Å². The topological polar surface area (TPSA) is 38.0 Å². The zero-order chi connectivity index (χ0) is 13.3. The number of phenols is 1. The molecule has 1 N–H and O–H groups in total. The number of hydrogen-bond acceptors (Lipinski definition) is 2. The first-order valence-electron chi connectivity index (χ1n) is 5.10. The third kappa shape index (κ3) is 1.86. The number of phenolic OH excluding ortho intramolecular Hbond substituents is 1. The molecule has 0 bridgehead atoms. The minimum absolute atomic E-state index is 0.0157. The van der Waals surface area contributed by atoms with Crippen molar-refractivity contribution in [2.24, 2.45) is 0 Å². The van der Waals surface area contributed by atoms with Crippen molar-refractivity contribution in [3.8, 4) is 5.75 Å². The fourth-order valence-corrected chi connectivity index (χ4v) is 2.09. The maximum absolute atomic E-state index is 13.7. The predicted molar refractivity (Wildman–Crippen MR) is 73.8 cm³/mol. The molecule has 0 atom stereocenters. The van der Waals surface area contributed by atoms with Crippen LogP contribution in [0.2, 0.25) is 0 Å². The molecule has 1 aromatic heterocycles. The van der Waals surface area contributed by atoms with Crippen molar-refractivity contribution < 1.29 is 9.50 Å². The van der Waals surface area contributed by atoms with Gasteiger partial charge in [0.1, 0.15) is 22.8 Å². The maximum Gasteiger partial charge on any atom is 0.148 e. The van der Waals surface area contributed by atoms with Gasteiger partial charge in [0.05, 0.1) is 6.20 Å². The van der Waals surface area contributed by atoms with Crippen LogP contribution in [0.4, 0.5) is 4.39 Å². The smallest absolute Gasteiger partial charge is 0.148 e. The SMILES string of the molecule is C=C/C(F)=C(\C=C)n1ncc2c(Br)ccc(O)c21. The molecule has 0 saturated carbocycles. The van der Waals surface area contributed by atoms with Gasteiger partial charge >= 0.3 is 0 Å². The van der Waals surface area contributed by atoms with Gasteiger partial charge in [-0.15, -0.1) is 0 Å². The lowest BCUT2D eigenvalue weighted by molar-refractivity contribution is 0.479. The van der Waals surface area contributed by atoms with E-state index in [1.807, 2.05) is 0 Å². The summed E-state index contributed by atoms with van der Waals surface area (Å²) >= 11 is 3.35. The van der Waals surface area contributed by atoms with Crippen LogP contribution in [0.15, 0.2) is 53.9 Å². The van der Waals surface area contributed by atoms with Gasteiger partial charge in [0.2, 0.25) is 0 Å². The highest BCUT2D eigenvalue weighted by Gasteiger charge is 2.14.